The van der Waals surface area contributed by atoms with Crippen molar-refractivity contribution in [3.63, 3.8) is 0 Å². The SMILES string of the molecule is O=C(O)C1CCC(NC(=O)N2CCN(c3cccc([N+](=O)[O-])c3)CC2)CC1. The monoisotopic (exact) mass is 376 g/mol. The second kappa shape index (κ2) is 8.24. The Morgan fingerprint density at radius 3 is 2.37 bits per heavy atom. The van der Waals surface area contributed by atoms with Crippen molar-refractivity contribution in [2.75, 3.05) is 31.1 Å². The Balaban J connectivity index is 1.48. The summed E-state index contributed by atoms with van der Waals surface area (Å²) in [7, 11) is 0. The molecule has 3 rings (SSSR count). The second-order valence-electron chi connectivity index (χ2n) is 7.09. The minimum Gasteiger partial charge on any atom is -0.481 e. The number of aliphatic carboxylic acids is 1. The number of hydrogen-bond donors (Lipinski definition) is 2. The molecule has 9 heteroatoms. The molecule has 1 aromatic rings. The summed E-state index contributed by atoms with van der Waals surface area (Å²) in [5.74, 6) is -1.05. The lowest BCUT2D eigenvalue weighted by atomic mass is 9.86. The van der Waals surface area contributed by atoms with E-state index in [1.54, 1.807) is 17.0 Å². The van der Waals surface area contributed by atoms with Crippen LogP contribution in [0.5, 0.6) is 0 Å². The summed E-state index contributed by atoms with van der Waals surface area (Å²) in [5, 5.41) is 23.0. The Labute approximate surface area is 157 Å². The number of benzene rings is 1. The number of urea groups is 1. The third-order valence-electron chi connectivity index (χ3n) is 5.38. The zero-order chi connectivity index (χ0) is 19.4. The van der Waals surface area contributed by atoms with E-state index in [2.05, 4.69) is 5.32 Å². The minimum atomic E-state index is -0.753. The van der Waals surface area contributed by atoms with Crippen LogP contribution in [0.3, 0.4) is 0 Å². The molecule has 2 fully saturated rings. The Bertz CT molecular complexity index is 709. The lowest BCUT2D eigenvalue weighted by Crippen LogP contribution is -2.54. The second-order valence-corrected chi connectivity index (χ2v) is 7.09. The Morgan fingerprint density at radius 1 is 1.11 bits per heavy atom. The standard InChI is InChI=1S/C18H24N4O5/c23-17(24)13-4-6-14(7-5-13)19-18(25)21-10-8-20(9-11-21)15-2-1-3-16(12-15)22(26)27/h1-3,12-14H,4-11H2,(H,19,25)(H,23,24). The van der Waals surface area contributed by atoms with Gasteiger partial charge in [-0.2, -0.15) is 0 Å². The van der Waals surface area contributed by atoms with Gasteiger partial charge in [0, 0.05) is 50.0 Å². The van der Waals surface area contributed by atoms with Gasteiger partial charge in [0.1, 0.15) is 0 Å². The number of nitrogens with one attached hydrogen (secondary N) is 1. The maximum Gasteiger partial charge on any atom is 0.317 e. The third-order valence-corrected chi connectivity index (χ3v) is 5.38. The molecule has 0 atom stereocenters. The molecule has 2 N–H and O–H groups in total. The van der Waals surface area contributed by atoms with Crippen LogP contribution in [0.25, 0.3) is 0 Å². The van der Waals surface area contributed by atoms with Crippen LogP contribution in [-0.4, -0.2) is 59.2 Å². The number of nitro benzene ring substituents is 1. The molecule has 2 aliphatic rings. The van der Waals surface area contributed by atoms with Crippen molar-refractivity contribution in [3.8, 4) is 0 Å². The number of rotatable bonds is 4. The number of carbonyl (C=O) groups is 2. The van der Waals surface area contributed by atoms with Crippen molar-refractivity contribution in [1.82, 2.24) is 10.2 Å². The molecule has 1 aliphatic carbocycles. The van der Waals surface area contributed by atoms with E-state index in [0.29, 0.717) is 51.9 Å². The zero-order valence-electron chi connectivity index (χ0n) is 15.0. The molecule has 0 unspecified atom stereocenters. The first kappa shape index (κ1) is 18.9. The fourth-order valence-electron chi connectivity index (χ4n) is 3.72. The smallest absolute Gasteiger partial charge is 0.317 e. The highest BCUT2D eigenvalue weighted by Gasteiger charge is 2.29. The van der Waals surface area contributed by atoms with Gasteiger partial charge in [0.2, 0.25) is 0 Å². The molecular formula is C18H24N4O5. The van der Waals surface area contributed by atoms with E-state index in [-0.39, 0.29) is 23.7 Å². The van der Waals surface area contributed by atoms with E-state index in [9.17, 15) is 19.7 Å². The van der Waals surface area contributed by atoms with Crippen molar-refractivity contribution < 1.29 is 19.6 Å². The predicted molar refractivity (Wildman–Crippen MR) is 98.8 cm³/mol. The van der Waals surface area contributed by atoms with Gasteiger partial charge in [-0.1, -0.05) is 6.07 Å². The summed E-state index contributed by atoms with van der Waals surface area (Å²) in [4.78, 5) is 37.7. The number of anilines is 1. The van der Waals surface area contributed by atoms with Crippen molar-refractivity contribution in [1.29, 1.82) is 0 Å². The van der Waals surface area contributed by atoms with E-state index in [1.165, 1.54) is 6.07 Å². The lowest BCUT2D eigenvalue weighted by molar-refractivity contribution is -0.384. The summed E-state index contributed by atoms with van der Waals surface area (Å²) in [5.41, 5.74) is 0.848. The Kier molecular flexibility index (Phi) is 5.78. The molecule has 27 heavy (non-hydrogen) atoms. The molecule has 1 saturated carbocycles. The largest absolute Gasteiger partial charge is 0.481 e. The third kappa shape index (κ3) is 4.66. The number of carboxylic acid groups (broad SMARTS) is 1. The van der Waals surface area contributed by atoms with Crippen molar-refractivity contribution >= 4 is 23.4 Å². The highest BCUT2D eigenvalue weighted by atomic mass is 16.6. The topological polar surface area (TPSA) is 116 Å². The van der Waals surface area contributed by atoms with E-state index in [0.717, 1.165) is 5.69 Å². The first-order chi connectivity index (χ1) is 12.9. The molecule has 9 nitrogen and oxygen atoms in total. The van der Waals surface area contributed by atoms with Crippen LogP contribution in [0, 0.1) is 16.0 Å². The van der Waals surface area contributed by atoms with Crippen molar-refractivity contribution in [2.45, 2.75) is 31.7 Å². The van der Waals surface area contributed by atoms with Crippen LogP contribution in [-0.2, 0) is 4.79 Å². The fourth-order valence-corrected chi connectivity index (χ4v) is 3.72. The maximum absolute atomic E-state index is 12.5. The highest BCUT2D eigenvalue weighted by molar-refractivity contribution is 5.75. The first-order valence-electron chi connectivity index (χ1n) is 9.21. The number of hydrogen-bond acceptors (Lipinski definition) is 5. The molecular weight excluding hydrogens is 352 g/mol. The van der Waals surface area contributed by atoms with Gasteiger partial charge in [0.05, 0.1) is 10.8 Å². The number of nitrogens with zero attached hydrogens (tertiary/aromatic N) is 3. The van der Waals surface area contributed by atoms with Crippen LogP contribution in [0.15, 0.2) is 24.3 Å². The van der Waals surface area contributed by atoms with Gasteiger partial charge in [0.15, 0.2) is 0 Å². The van der Waals surface area contributed by atoms with Gasteiger partial charge in [-0.3, -0.25) is 14.9 Å². The van der Waals surface area contributed by atoms with Gasteiger partial charge in [0.25, 0.3) is 5.69 Å². The van der Waals surface area contributed by atoms with Gasteiger partial charge >= 0.3 is 12.0 Å². The van der Waals surface area contributed by atoms with Gasteiger partial charge < -0.3 is 20.2 Å². The minimum absolute atomic E-state index is 0.0305. The average Bonchev–Trinajstić information content (AvgIpc) is 2.68. The lowest BCUT2D eigenvalue weighted by Gasteiger charge is -2.37. The normalized spacial score (nSPS) is 23.0. The van der Waals surface area contributed by atoms with Crippen LogP contribution in [0.1, 0.15) is 25.7 Å². The number of carboxylic acids is 1. The van der Waals surface area contributed by atoms with Crippen LogP contribution in [0.2, 0.25) is 0 Å². The van der Waals surface area contributed by atoms with Crippen LogP contribution in [0.4, 0.5) is 16.2 Å². The van der Waals surface area contributed by atoms with Crippen molar-refractivity contribution in [2.24, 2.45) is 5.92 Å². The summed E-state index contributed by atoms with van der Waals surface area (Å²) >= 11 is 0. The maximum atomic E-state index is 12.5. The fraction of sp³-hybridized carbons (Fsp3) is 0.556. The molecule has 0 radical (unpaired) electrons. The number of amides is 2. The van der Waals surface area contributed by atoms with Crippen LogP contribution >= 0.6 is 0 Å². The molecule has 146 valence electrons. The molecule has 1 aromatic carbocycles. The molecule has 0 aromatic heterocycles. The molecule has 0 spiro atoms. The van der Waals surface area contributed by atoms with Gasteiger partial charge in [-0.25, -0.2) is 4.79 Å². The zero-order valence-corrected chi connectivity index (χ0v) is 15.0. The van der Waals surface area contributed by atoms with Crippen molar-refractivity contribution in [3.05, 3.63) is 34.4 Å². The quantitative estimate of drug-likeness (QED) is 0.614. The highest BCUT2D eigenvalue weighted by Crippen LogP contribution is 2.25. The number of carbonyl (C=O) groups excluding carboxylic acids is 1. The first-order valence-corrected chi connectivity index (χ1v) is 9.21. The molecule has 1 heterocycles. The van der Waals surface area contributed by atoms with Gasteiger partial charge in [-0.15, -0.1) is 0 Å². The summed E-state index contributed by atoms with van der Waals surface area (Å²) < 4.78 is 0. The van der Waals surface area contributed by atoms with Gasteiger partial charge in [-0.05, 0) is 31.7 Å². The predicted octanol–water partition coefficient (Wildman–Crippen LogP) is 2.07. The van der Waals surface area contributed by atoms with E-state index >= 15 is 0 Å². The number of non-ortho nitro benzene ring substituents is 1. The van der Waals surface area contributed by atoms with Crippen LogP contribution < -0.4 is 10.2 Å². The molecule has 1 aliphatic heterocycles. The molecule has 1 saturated heterocycles. The Morgan fingerprint density at radius 2 is 1.78 bits per heavy atom. The summed E-state index contributed by atoms with van der Waals surface area (Å²) in [6, 6.07) is 6.43. The summed E-state index contributed by atoms with van der Waals surface area (Å²) in [6.45, 7) is 2.30. The Hall–Kier alpha value is -2.84. The molecule has 0 bridgehead atoms. The van der Waals surface area contributed by atoms with E-state index < -0.39 is 10.9 Å². The molecule has 2 amide bonds. The summed E-state index contributed by atoms with van der Waals surface area (Å²) in [6.07, 6.45) is 2.58. The number of piperazine rings is 1. The number of nitro groups is 1. The van der Waals surface area contributed by atoms with E-state index in [1.807, 2.05) is 11.0 Å². The van der Waals surface area contributed by atoms with E-state index in [4.69, 9.17) is 5.11 Å². The average molecular weight is 376 g/mol.